The number of carbonyl (C=O) groups excluding carboxylic acids is 2. The third-order valence-electron chi connectivity index (χ3n) is 8.56. The highest BCUT2D eigenvalue weighted by molar-refractivity contribution is 7.47. The number of unbranched alkanes of at least 4 members (excludes halogenated alkanes) is 4. The number of hydrogen-bond acceptors (Lipinski definition) is 9. The Morgan fingerprint density at radius 3 is 1.66 bits per heavy atom. The average Bonchev–Trinajstić information content (AvgIpc) is 3.97. The highest BCUT2D eigenvalue weighted by Gasteiger charge is 2.36. The number of epoxide rings is 1. The third-order valence-corrected chi connectivity index (χ3v) is 9.54. The van der Waals surface area contributed by atoms with Crippen molar-refractivity contribution in [2.45, 2.75) is 148 Å². The summed E-state index contributed by atoms with van der Waals surface area (Å²) in [6.07, 6.45) is 53.2. The van der Waals surface area contributed by atoms with Crippen molar-refractivity contribution in [3.05, 3.63) is 109 Å². The number of ether oxygens (including phenoxy) is 3. The molecule has 0 aromatic heterocycles. The van der Waals surface area contributed by atoms with Crippen molar-refractivity contribution in [3.63, 3.8) is 0 Å². The molecule has 1 aliphatic heterocycles. The van der Waals surface area contributed by atoms with Crippen LogP contribution in [0, 0.1) is 0 Å². The van der Waals surface area contributed by atoms with Crippen LogP contribution in [0.15, 0.2) is 109 Å². The van der Waals surface area contributed by atoms with Gasteiger partial charge >= 0.3 is 19.8 Å². The maximum Gasteiger partial charge on any atom is 0.472 e. The molecule has 0 bridgehead atoms. The first-order valence-electron chi connectivity index (χ1n) is 21.5. The van der Waals surface area contributed by atoms with E-state index in [1.54, 1.807) is 0 Å². The predicted molar refractivity (Wildman–Crippen MR) is 237 cm³/mol. The van der Waals surface area contributed by atoms with Crippen molar-refractivity contribution < 1.29 is 42.3 Å². The first-order valence-corrected chi connectivity index (χ1v) is 23.0. The van der Waals surface area contributed by atoms with Gasteiger partial charge in [-0.25, -0.2) is 4.57 Å². The van der Waals surface area contributed by atoms with E-state index in [9.17, 15) is 19.0 Å². The number of esters is 2. The van der Waals surface area contributed by atoms with Crippen molar-refractivity contribution in [1.29, 1.82) is 0 Å². The van der Waals surface area contributed by atoms with E-state index in [1.807, 2.05) is 18.2 Å². The fourth-order valence-electron chi connectivity index (χ4n) is 5.28. The molecule has 3 unspecified atom stereocenters. The molecular formula is C47H74NO9P. The molecule has 1 heterocycles. The molecule has 0 aliphatic carbocycles. The van der Waals surface area contributed by atoms with Gasteiger partial charge in [0.05, 0.1) is 25.4 Å². The zero-order valence-corrected chi connectivity index (χ0v) is 36.3. The monoisotopic (exact) mass is 828 g/mol. The second-order valence-electron chi connectivity index (χ2n) is 13.9. The number of hydrogen-bond donors (Lipinski definition) is 2. The summed E-state index contributed by atoms with van der Waals surface area (Å²) >= 11 is 0. The van der Waals surface area contributed by atoms with Gasteiger partial charge in [0, 0.05) is 19.4 Å². The Labute approximate surface area is 350 Å². The van der Waals surface area contributed by atoms with Crippen LogP contribution in [0.1, 0.15) is 129 Å². The molecule has 11 heteroatoms. The summed E-state index contributed by atoms with van der Waals surface area (Å²) in [6, 6.07) is 0. The Bertz CT molecular complexity index is 1380. The van der Waals surface area contributed by atoms with Gasteiger partial charge in [-0.15, -0.1) is 0 Å². The second kappa shape index (κ2) is 37.9. The van der Waals surface area contributed by atoms with E-state index in [-0.39, 0.29) is 32.6 Å². The van der Waals surface area contributed by atoms with Crippen molar-refractivity contribution in [2.75, 3.05) is 26.4 Å². The molecule has 0 radical (unpaired) electrons. The molecule has 1 aliphatic rings. The van der Waals surface area contributed by atoms with Gasteiger partial charge < -0.3 is 24.8 Å². The number of allylic oxidation sites excluding steroid dienone is 16. The summed E-state index contributed by atoms with van der Waals surface area (Å²) in [6.45, 7) is 3.40. The molecule has 0 spiro atoms. The maximum atomic E-state index is 12.6. The Kier molecular flexibility index (Phi) is 34.4. The molecule has 0 aromatic carbocycles. The van der Waals surface area contributed by atoms with E-state index in [0.717, 1.165) is 70.6 Å². The normalized spacial score (nSPS) is 17.9. The molecule has 10 nitrogen and oxygen atoms in total. The first-order chi connectivity index (χ1) is 28.3. The van der Waals surface area contributed by atoms with E-state index in [4.69, 9.17) is 29.0 Å². The van der Waals surface area contributed by atoms with Crippen LogP contribution in [0.2, 0.25) is 0 Å². The van der Waals surface area contributed by atoms with Gasteiger partial charge in [0.15, 0.2) is 6.10 Å². The van der Waals surface area contributed by atoms with Crippen LogP contribution >= 0.6 is 7.82 Å². The lowest BCUT2D eigenvalue weighted by Crippen LogP contribution is -2.29. The largest absolute Gasteiger partial charge is 0.472 e. The van der Waals surface area contributed by atoms with E-state index in [0.29, 0.717) is 25.0 Å². The Morgan fingerprint density at radius 1 is 0.621 bits per heavy atom. The summed E-state index contributed by atoms with van der Waals surface area (Å²) in [5.41, 5.74) is 5.34. The molecule has 326 valence electrons. The van der Waals surface area contributed by atoms with Crippen LogP contribution in [0.5, 0.6) is 0 Å². The molecule has 1 rings (SSSR count). The van der Waals surface area contributed by atoms with Crippen LogP contribution in [-0.2, 0) is 37.4 Å². The number of rotatable bonds is 37. The third kappa shape index (κ3) is 34.7. The van der Waals surface area contributed by atoms with Crippen LogP contribution in [-0.4, -0.2) is 61.5 Å². The number of carbonyl (C=O) groups is 2. The molecule has 0 aromatic rings. The lowest BCUT2D eigenvalue weighted by Gasteiger charge is -2.19. The highest BCUT2D eigenvalue weighted by Crippen LogP contribution is 2.43. The summed E-state index contributed by atoms with van der Waals surface area (Å²) in [5.74, 6) is -1.01. The van der Waals surface area contributed by atoms with Crippen molar-refractivity contribution in [1.82, 2.24) is 0 Å². The van der Waals surface area contributed by atoms with E-state index < -0.39 is 32.5 Å². The molecule has 3 N–H and O–H groups in total. The topological polar surface area (TPSA) is 147 Å². The molecule has 4 atom stereocenters. The van der Waals surface area contributed by atoms with E-state index in [2.05, 4.69) is 105 Å². The number of phosphoric ester groups is 1. The van der Waals surface area contributed by atoms with Crippen LogP contribution < -0.4 is 5.73 Å². The van der Waals surface area contributed by atoms with E-state index in [1.165, 1.54) is 19.3 Å². The van der Waals surface area contributed by atoms with Gasteiger partial charge in [-0.1, -0.05) is 136 Å². The van der Waals surface area contributed by atoms with Gasteiger partial charge in [-0.05, 0) is 89.9 Å². The summed E-state index contributed by atoms with van der Waals surface area (Å²) < 4.78 is 38.3. The Balaban J connectivity index is 2.29. The zero-order valence-electron chi connectivity index (χ0n) is 35.4. The number of nitrogens with two attached hydrogens (primary N) is 1. The quantitative estimate of drug-likeness (QED) is 0.0204. The minimum Gasteiger partial charge on any atom is -0.462 e. The van der Waals surface area contributed by atoms with Gasteiger partial charge in [-0.2, -0.15) is 0 Å². The standard InChI is InChI=1S/C47H74NO9P/c1-3-5-7-8-9-10-11-12-13-14-15-16-20-23-26-29-33-37-46(49)53-41-43(42-55-58(51,52)54-40-39-48)56-47(50)38-34-30-27-24-21-18-17-19-22-25-28-32-36-45-44(57-45)35-31-6-4-2/h6,9-10,12-13,15-16,18-19,21-23,26-28,30-32,43-45H,3-5,7-8,11,14,17,20,24-25,29,33-42,48H2,1-2H3,(H,51,52)/b10-9-,13-12-,16-15-,21-18-,22-19-,26-23-,30-27-,31-6-,32-28-/t43-,44?,45?/m1/s1. The molecule has 58 heavy (non-hydrogen) atoms. The Hall–Kier alpha value is -3.37. The molecule has 0 saturated carbocycles. The zero-order chi connectivity index (χ0) is 42.2. The summed E-state index contributed by atoms with van der Waals surface area (Å²) in [7, 11) is -4.42. The highest BCUT2D eigenvalue weighted by atomic mass is 31.2. The fourth-order valence-corrected chi connectivity index (χ4v) is 6.05. The molecular weight excluding hydrogens is 753 g/mol. The minimum atomic E-state index is -4.42. The summed E-state index contributed by atoms with van der Waals surface area (Å²) in [5, 5.41) is 0. The van der Waals surface area contributed by atoms with Gasteiger partial charge in [-0.3, -0.25) is 18.6 Å². The van der Waals surface area contributed by atoms with Gasteiger partial charge in [0.25, 0.3) is 0 Å². The average molecular weight is 828 g/mol. The SMILES string of the molecule is CC/C=C\CC1OC1C/C=C\C/C=C\C/C=C\C/C=C\CCC(=O)O[C@H](COC(=O)CCC/C=C\C/C=C\C/C=C\C/C=C\CCCCC)COP(=O)(O)OCCN. The van der Waals surface area contributed by atoms with Crippen LogP contribution in [0.4, 0.5) is 0 Å². The number of phosphoric acid groups is 1. The van der Waals surface area contributed by atoms with Gasteiger partial charge in [0.2, 0.25) is 0 Å². The van der Waals surface area contributed by atoms with E-state index >= 15 is 0 Å². The lowest BCUT2D eigenvalue weighted by atomic mass is 10.1. The maximum absolute atomic E-state index is 12.6. The van der Waals surface area contributed by atoms with Crippen LogP contribution in [0.25, 0.3) is 0 Å². The lowest BCUT2D eigenvalue weighted by molar-refractivity contribution is -0.161. The summed E-state index contributed by atoms with van der Waals surface area (Å²) in [4.78, 5) is 34.8. The van der Waals surface area contributed by atoms with Gasteiger partial charge in [0.1, 0.15) is 6.61 Å². The first kappa shape index (κ1) is 52.6. The van der Waals surface area contributed by atoms with Crippen LogP contribution in [0.3, 0.4) is 0 Å². The molecule has 1 saturated heterocycles. The van der Waals surface area contributed by atoms with Crippen molar-refractivity contribution >= 4 is 19.8 Å². The fraction of sp³-hybridized carbons (Fsp3) is 0.574. The molecule has 1 fully saturated rings. The predicted octanol–water partition coefficient (Wildman–Crippen LogP) is 11.4. The smallest absolute Gasteiger partial charge is 0.462 e. The van der Waals surface area contributed by atoms with Crippen molar-refractivity contribution in [3.8, 4) is 0 Å². The minimum absolute atomic E-state index is 0.0264. The Morgan fingerprint density at radius 2 is 1.12 bits per heavy atom. The van der Waals surface area contributed by atoms with Crippen molar-refractivity contribution in [2.24, 2.45) is 5.73 Å². The second-order valence-corrected chi connectivity index (χ2v) is 15.3. The molecule has 0 amide bonds.